The van der Waals surface area contributed by atoms with Crippen LogP contribution in [0.2, 0.25) is 0 Å². The van der Waals surface area contributed by atoms with Crippen LogP contribution >= 0.6 is 0 Å². The first-order chi connectivity index (χ1) is 6.41. The molecule has 79 valence electrons. The molecule has 1 N–H and O–H groups in total. The second-order valence-corrected chi connectivity index (χ2v) is 2.86. The molecule has 0 amide bonds. The van der Waals surface area contributed by atoms with Crippen LogP contribution in [0.4, 0.5) is 0 Å². The van der Waals surface area contributed by atoms with E-state index in [2.05, 4.69) is 6.92 Å². The van der Waals surface area contributed by atoms with E-state index in [0.29, 0.717) is 19.8 Å². The molecule has 0 aliphatic heterocycles. The van der Waals surface area contributed by atoms with Crippen LogP contribution in [0.25, 0.3) is 0 Å². The van der Waals surface area contributed by atoms with Crippen LogP contribution in [0.5, 0.6) is 0 Å². The molecule has 0 saturated carbocycles. The van der Waals surface area contributed by atoms with Gasteiger partial charge in [-0.25, -0.2) is 0 Å². The predicted molar refractivity (Wildman–Crippen MR) is 52.5 cm³/mol. The molecule has 13 heavy (non-hydrogen) atoms. The molecule has 0 heterocycles. The maximum absolute atomic E-state index is 8.39. The van der Waals surface area contributed by atoms with Gasteiger partial charge in [0.25, 0.3) is 0 Å². The molecule has 0 spiro atoms. The molecule has 0 atom stereocenters. The minimum absolute atomic E-state index is 0.0868. The zero-order valence-corrected chi connectivity index (χ0v) is 8.33. The van der Waals surface area contributed by atoms with Gasteiger partial charge >= 0.3 is 0 Å². The minimum atomic E-state index is 0.0868. The molecule has 1 radical (unpaired) electrons. The van der Waals surface area contributed by atoms with Gasteiger partial charge in [-0.1, -0.05) is 26.2 Å². The van der Waals surface area contributed by atoms with E-state index in [1.165, 1.54) is 12.8 Å². The Morgan fingerprint density at radius 1 is 0.846 bits per heavy atom. The first-order valence-corrected chi connectivity index (χ1v) is 4.97. The highest BCUT2D eigenvalue weighted by Crippen LogP contribution is 1.98. The van der Waals surface area contributed by atoms with E-state index in [4.69, 9.17) is 14.6 Å². The Morgan fingerprint density at radius 3 is 2.15 bits per heavy atom. The van der Waals surface area contributed by atoms with Gasteiger partial charge in [-0.15, -0.1) is 0 Å². The summed E-state index contributed by atoms with van der Waals surface area (Å²) in [4.78, 5) is 0. The van der Waals surface area contributed by atoms with Crippen molar-refractivity contribution in [1.29, 1.82) is 0 Å². The van der Waals surface area contributed by atoms with Crippen LogP contribution < -0.4 is 0 Å². The van der Waals surface area contributed by atoms with Gasteiger partial charge in [0.2, 0.25) is 0 Å². The standard InChI is InChI=1S/C10H21O3/c1-2-3-4-5-7-12-9-10-13-8-6-11/h11H,1-10H2. The van der Waals surface area contributed by atoms with Gasteiger partial charge in [0.05, 0.1) is 26.4 Å². The van der Waals surface area contributed by atoms with E-state index < -0.39 is 0 Å². The van der Waals surface area contributed by atoms with Gasteiger partial charge in [-0.3, -0.25) is 0 Å². The summed E-state index contributed by atoms with van der Waals surface area (Å²) in [6.07, 6.45) is 4.50. The van der Waals surface area contributed by atoms with Crippen molar-refractivity contribution in [3.63, 3.8) is 0 Å². The van der Waals surface area contributed by atoms with Crippen molar-refractivity contribution in [1.82, 2.24) is 0 Å². The fourth-order valence-corrected chi connectivity index (χ4v) is 0.944. The number of unbranched alkanes of at least 4 members (excludes halogenated alkanes) is 3. The van der Waals surface area contributed by atoms with Crippen molar-refractivity contribution in [2.75, 3.05) is 33.0 Å². The van der Waals surface area contributed by atoms with Gasteiger partial charge < -0.3 is 14.6 Å². The van der Waals surface area contributed by atoms with E-state index in [0.717, 1.165) is 19.4 Å². The van der Waals surface area contributed by atoms with E-state index in [-0.39, 0.29) is 6.61 Å². The molecule has 0 fully saturated rings. The summed E-state index contributed by atoms with van der Waals surface area (Å²) in [6.45, 7) is 6.28. The van der Waals surface area contributed by atoms with Crippen molar-refractivity contribution in [3.8, 4) is 0 Å². The summed E-state index contributed by atoms with van der Waals surface area (Å²) in [7, 11) is 0. The summed E-state index contributed by atoms with van der Waals surface area (Å²) >= 11 is 0. The maximum atomic E-state index is 8.39. The second kappa shape index (κ2) is 11.9. The fourth-order valence-electron chi connectivity index (χ4n) is 0.944. The van der Waals surface area contributed by atoms with Crippen molar-refractivity contribution in [2.24, 2.45) is 0 Å². The smallest absolute Gasteiger partial charge is 0.0701 e. The van der Waals surface area contributed by atoms with Crippen LogP contribution in [0.15, 0.2) is 0 Å². The molecule has 0 aromatic heterocycles. The van der Waals surface area contributed by atoms with E-state index in [1.807, 2.05) is 0 Å². The SMILES string of the molecule is [CH2]CCCCCOCCOCCO. The highest BCUT2D eigenvalue weighted by atomic mass is 16.5. The Balaban J connectivity index is 2.76. The molecular weight excluding hydrogens is 168 g/mol. The largest absolute Gasteiger partial charge is 0.394 e. The Kier molecular flexibility index (Phi) is 11.8. The number of aliphatic hydroxyl groups excluding tert-OH is 1. The predicted octanol–water partition coefficient (Wildman–Crippen LogP) is 1.41. The molecule has 3 nitrogen and oxygen atoms in total. The summed E-state index contributed by atoms with van der Waals surface area (Å²) in [5.41, 5.74) is 0. The lowest BCUT2D eigenvalue weighted by Crippen LogP contribution is -2.07. The quantitative estimate of drug-likeness (QED) is 0.528. The van der Waals surface area contributed by atoms with Crippen molar-refractivity contribution in [3.05, 3.63) is 6.92 Å². The van der Waals surface area contributed by atoms with Gasteiger partial charge in [0, 0.05) is 6.61 Å². The zero-order chi connectivity index (χ0) is 9.78. The fraction of sp³-hybridized carbons (Fsp3) is 0.900. The van der Waals surface area contributed by atoms with E-state index >= 15 is 0 Å². The average molecular weight is 189 g/mol. The lowest BCUT2D eigenvalue weighted by molar-refractivity contribution is 0.0321. The Labute approximate surface area is 81.0 Å². The monoisotopic (exact) mass is 189 g/mol. The van der Waals surface area contributed by atoms with Crippen LogP contribution in [-0.2, 0) is 9.47 Å². The van der Waals surface area contributed by atoms with Gasteiger partial charge in [-0.2, -0.15) is 0 Å². The highest BCUT2D eigenvalue weighted by Gasteiger charge is 1.90. The van der Waals surface area contributed by atoms with Gasteiger partial charge in [0.1, 0.15) is 0 Å². The molecule has 0 bridgehead atoms. The molecule has 0 aliphatic rings. The number of hydrogen-bond acceptors (Lipinski definition) is 3. The number of hydrogen-bond donors (Lipinski definition) is 1. The van der Waals surface area contributed by atoms with Crippen LogP contribution in [0.1, 0.15) is 25.7 Å². The van der Waals surface area contributed by atoms with Crippen molar-refractivity contribution >= 4 is 0 Å². The number of rotatable bonds is 10. The first-order valence-electron chi connectivity index (χ1n) is 4.97. The van der Waals surface area contributed by atoms with Crippen molar-refractivity contribution in [2.45, 2.75) is 25.7 Å². The van der Waals surface area contributed by atoms with Crippen LogP contribution in [0, 0.1) is 6.92 Å². The molecule has 0 aromatic carbocycles. The first kappa shape index (κ1) is 12.9. The van der Waals surface area contributed by atoms with E-state index in [1.54, 1.807) is 0 Å². The molecule has 0 aromatic rings. The molecule has 3 heteroatoms. The Hall–Kier alpha value is -0.120. The van der Waals surface area contributed by atoms with Gasteiger partial charge in [-0.05, 0) is 6.42 Å². The van der Waals surface area contributed by atoms with Crippen molar-refractivity contribution < 1.29 is 14.6 Å². The molecule has 0 rings (SSSR count). The number of ether oxygens (including phenoxy) is 2. The molecular formula is C10H21O3. The molecule has 0 unspecified atom stereocenters. The summed E-state index contributed by atoms with van der Waals surface area (Å²) in [5, 5.41) is 8.39. The Morgan fingerprint density at radius 2 is 1.54 bits per heavy atom. The average Bonchev–Trinajstić information content (AvgIpc) is 2.16. The summed E-state index contributed by atoms with van der Waals surface area (Å²) in [5.74, 6) is 0. The topological polar surface area (TPSA) is 38.7 Å². The zero-order valence-electron chi connectivity index (χ0n) is 8.33. The highest BCUT2D eigenvalue weighted by molar-refractivity contribution is 4.43. The minimum Gasteiger partial charge on any atom is -0.394 e. The summed E-state index contributed by atoms with van der Waals surface area (Å²) < 4.78 is 10.3. The lowest BCUT2D eigenvalue weighted by atomic mass is 10.2. The molecule has 0 saturated heterocycles. The maximum Gasteiger partial charge on any atom is 0.0701 e. The Bertz CT molecular complexity index is 76.2. The summed E-state index contributed by atoms with van der Waals surface area (Å²) in [6, 6.07) is 0. The number of aliphatic hydroxyl groups is 1. The third-order valence-corrected chi connectivity index (χ3v) is 1.65. The molecule has 0 aliphatic carbocycles. The third kappa shape index (κ3) is 11.9. The second-order valence-electron chi connectivity index (χ2n) is 2.86. The van der Waals surface area contributed by atoms with Crippen LogP contribution in [0.3, 0.4) is 0 Å². The van der Waals surface area contributed by atoms with Gasteiger partial charge in [0.15, 0.2) is 0 Å². The lowest BCUT2D eigenvalue weighted by Gasteiger charge is -2.04. The third-order valence-electron chi connectivity index (χ3n) is 1.65. The normalized spacial score (nSPS) is 10.6. The van der Waals surface area contributed by atoms with E-state index in [9.17, 15) is 0 Å². The van der Waals surface area contributed by atoms with Crippen LogP contribution in [-0.4, -0.2) is 38.1 Å².